The van der Waals surface area contributed by atoms with Crippen LogP contribution in [0.2, 0.25) is 0 Å². The summed E-state index contributed by atoms with van der Waals surface area (Å²) in [6.07, 6.45) is 0.613. The van der Waals surface area contributed by atoms with E-state index in [0.717, 1.165) is 11.1 Å². The molecule has 3 nitrogen and oxygen atoms in total. The molecule has 1 atom stereocenters. The predicted molar refractivity (Wildman–Crippen MR) is 114 cm³/mol. The van der Waals surface area contributed by atoms with Crippen molar-refractivity contribution in [2.75, 3.05) is 4.31 Å². The van der Waals surface area contributed by atoms with Crippen LogP contribution < -0.4 is 4.31 Å². The Kier molecular flexibility index (Phi) is 4.54. The van der Waals surface area contributed by atoms with E-state index in [1.165, 1.54) is 28.6 Å². The van der Waals surface area contributed by atoms with Gasteiger partial charge in [0.15, 0.2) is 0 Å². The molecule has 5 heteroatoms. The second kappa shape index (κ2) is 6.70. The lowest BCUT2D eigenvalue weighted by molar-refractivity contribution is 0.351. The summed E-state index contributed by atoms with van der Waals surface area (Å²) in [5.74, 6) is -0.459. The second-order valence-corrected chi connectivity index (χ2v) is 10.2. The van der Waals surface area contributed by atoms with E-state index in [9.17, 15) is 12.8 Å². The Bertz CT molecular complexity index is 1140. The van der Waals surface area contributed by atoms with Crippen molar-refractivity contribution < 1.29 is 12.8 Å². The van der Waals surface area contributed by atoms with Crippen molar-refractivity contribution in [3.8, 4) is 0 Å². The van der Waals surface area contributed by atoms with Gasteiger partial charge in [-0.1, -0.05) is 55.5 Å². The minimum absolute atomic E-state index is 0.0880. The van der Waals surface area contributed by atoms with E-state index >= 15 is 0 Å². The number of anilines is 1. The van der Waals surface area contributed by atoms with Crippen LogP contribution in [-0.4, -0.2) is 14.0 Å². The average Bonchev–Trinajstić information content (AvgIpc) is 2.68. The lowest BCUT2D eigenvalue weighted by Gasteiger charge is -2.51. The van der Waals surface area contributed by atoms with Crippen molar-refractivity contribution in [3.63, 3.8) is 0 Å². The quantitative estimate of drug-likeness (QED) is 0.572. The number of benzene rings is 3. The maximum Gasteiger partial charge on any atom is 0.264 e. The molecule has 0 spiro atoms. The predicted octanol–water partition coefficient (Wildman–Crippen LogP) is 5.51. The number of hydrogen-bond acceptors (Lipinski definition) is 2. The van der Waals surface area contributed by atoms with Crippen molar-refractivity contribution in [1.29, 1.82) is 0 Å². The highest BCUT2D eigenvalue weighted by molar-refractivity contribution is 7.93. The van der Waals surface area contributed by atoms with Crippen molar-refractivity contribution in [2.45, 2.75) is 43.0 Å². The lowest BCUT2D eigenvalue weighted by atomic mass is 9.66. The number of nitrogens with zero attached hydrogens (tertiary/aromatic N) is 1. The molecule has 0 saturated heterocycles. The van der Waals surface area contributed by atoms with Gasteiger partial charge in [-0.3, -0.25) is 4.31 Å². The van der Waals surface area contributed by atoms with Gasteiger partial charge in [0, 0.05) is 5.41 Å². The molecular formula is C24H24FNO2S. The monoisotopic (exact) mass is 409 g/mol. The summed E-state index contributed by atoms with van der Waals surface area (Å²) in [4.78, 5) is 0.0880. The standard InChI is InChI=1S/C24H24FNO2S/c1-23(2)17-24(3,18-9-5-4-6-10-18)21-11-7-8-12-22(21)26(23)29(27,28)20-15-13-19(25)14-16-20/h4-16H,17H2,1-3H3/t24-/m1/s1. The average molecular weight is 410 g/mol. The normalized spacial score (nSPS) is 20.9. The first-order chi connectivity index (χ1) is 13.7. The zero-order valence-corrected chi connectivity index (χ0v) is 17.6. The third kappa shape index (κ3) is 3.14. The molecule has 3 aromatic rings. The fourth-order valence-electron chi connectivity index (χ4n) is 4.71. The highest BCUT2D eigenvalue weighted by Gasteiger charge is 2.49. The van der Waals surface area contributed by atoms with Gasteiger partial charge >= 0.3 is 0 Å². The van der Waals surface area contributed by atoms with Crippen molar-refractivity contribution in [1.82, 2.24) is 0 Å². The Hall–Kier alpha value is -2.66. The fourth-order valence-corrected chi connectivity index (χ4v) is 6.53. The summed E-state index contributed by atoms with van der Waals surface area (Å²) >= 11 is 0. The highest BCUT2D eigenvalue weighted by atomic mass is 32.2. The Morgan fingerprint density at radius 2 is 1.41 bits per heavy atom. The molecule has 1 aliphatic rings. The summed E-state index contributed by atoms with van der Waals surface area (Å²) in [7, 11) is -3.87. The van der Waals surface area contributed by atoms with Gasteiger partial charge in [0.25, 0.3) is 10.0 Å². The van der Waals surface area contributed by atoms with E-state index in [1.807, 2.05) is 56.3 Å². The molecule has 0 saturated carbocycles. The van der Waals surface area contributed by atoms with E-state index in [0.29, 0.717) is 12.1 Å². The SMILES string of the molecule is CC1(C)C[C@](C)(c2ccccc2)c2ccccc2N1S(=O)(=O)c1ccc(F)cc1. The van der Waals surface area contributed by atoms with Gasteiger partial charge in [-0.2, -0.15) is 0 Å². The van der Waals surface area contributed by atoms with Crippen LogP contribution in [0.4, 0.5) is 10.1 Å². The summed E-state index contributed by atoms with van der Waals surface area (Å²) in [5.41, 5.74) is 1.76. The summed E-state index contributed by atoms with van der Waals surface area (Å²) in [5, 5.41) is 0. The van der Waals surface area contributed by atoms with Crippen molar-refractivity contribution >= 4 is 15.7 Å². The molecular weight excluding hydrogens is 385 g/mol. The van der Waals surface area contributed by atoms with Gasteiger partial charge in [-0.05, 0) is 61.7 Å². The molecule has 150 valence electrons. The Labute approximate surface area is 171 Å². The number of sulfonamides is 1. The van der Waals surface area contributed by atoms with Gasteiger partial charge in [-0.15, -0.1) is 0 Å². The molecule has 4 rings (SSSR count). The molecule has 0 amide bonds. The van der Waals surface area contributed by atoms with Crippen LogP contribution in [0.25, 0.3) is 0 Å². The highest BCUT2D eigenvalue weighted by Crippen LogP contribution is 2.51. The lowest BCUT2D eigenvalue weighted by Crippen LogP contribution is -2.55. The van der Waals surface area contributed by atoms with Gasteiger partial charge < -0.3 is 0 Å². The maximum atomic E-state index is 13.6. The first-order valence-corrected chi connectivity index (χ1v) is 11.1. The largest absolute Gasteiger partial charge is 0.264 e. The zero-order chi connectivity index (χ0) is 20.9. The van der Waals surface area contributed by atoms with Crippen molar-refractivity contribution in [2.24, 2.45) is 0 Å². The summed E-state index contributed by atoms with van der Waals surface area (Å²) in [6.45, 7) is 6.07. The van der Waals surface area contributed by atoms with Gasteiger partial charge in [0.1, 0.15) is 5.82 Å². The van der Waals surface area contributed by atoms with E-state index in [2.05, 4.69) is 19.1 Å². The molecule has 0 bridgehead atoms. The van der Waals surface area contributed by atoms with E-state index in [4.69, 9.17) is 0 Å². The number of rotatable bonds is 3. The molecule has 0 aliphatic carbocycles. The molecule has 0 radical (unpaired) electrons. The molecule has 0 unspecified atom stereocenters. The molecule has 0 fully saturated rings. The number of hydrogen-bond donors (Lipinski definition) is 0. The van der Waals surface area contributed by atoms with E-state index < -0.39 is 21.4 Å². The molecule has 0 aromatic heterocycles. The zero-order valence-electron chi connectivity index (χ0n) is 16.8. The third-order valence-corrected chi connectivity index (χ3v) is 7.86. The van der Waals surface area contributed by atoms with Gasteiger partial charge in [-0.25, -0.2) is 12.8 Å². The molecule has 0 N–H and O–H groups in total. The van der Waals surface area contributed by atoms with Crippen molar-refractivity contribution in [3.05, 3.63) is 95.8 Å². The molecule has 3 aromatic carbocycles. The smallest absolute Gasteiger partial charge is 0.260 e. The Balaban J connectivity index is 1.94. The van der Waals surface area contributed by atoms with Gasteiger partial charge in [0.2, 0.25) is 0 Å². The molecule has 1 aliphatic heterocycles. The Morgan fingerprint density at radius 3 is 2.07 bits per heavy atom. The molecule has 29 heavy (non-hydrogen) atoms. The first-order valence-electron chi connectivity index (χ1n) is 9.62. The summed E-state index contributed by atoms with van der Waals surface area (Å²) < 4.78 is 42.2. The number of fused-ring (bicyclic) bond motifs is 1. The van der Waals surface area contributed by atoms with Crippen LogP contribution >= 0.6 is 0 Å². The third-order valence-electron chi connectivity index (χ3n) is 5.82. The number of para-hydroxylation sites is 1. The fraction of sp³-hybridized carbons (Fsp3) is 0.250. The van der Waals surface area contributed by atoms with Crippen LogP contribution in [-0.2, 0) is 15.4 Å². The topological polar surface area (TPSA) is 37.4 Å². The minimum atomic E-state index is -3.87. The van der Waals surface area contributed by atoms with Crippen LogP contribution in [0.5, 0.6) is 0 Å². The first kappa shape index (κ1) is 19.6. The molecule has 1 heterocycles. The van der Waals surface area contributed by atoms with Crippen LogP contribution in [0.15, 0.2) is 83.8 Å². The van der Waals surface area contributed by atoms with Crippen LogP contribution in [0, 0.1) is 5.82 Å². The van der Waals surface area contributed by atoms with Crippen LogP contribution in [0.1, 0.15) is 38.3 Å². The maximum absolute atomic E-state index is 13.6. The second-order valence-electron chi connectivity index (χ2n) is 8.43. The van der Waals surface area contributed by atoms with E-state index in [-0.39, 0.29) is 10.3 Å². The number of halogens is 1. The Morgan fingerprint density at radius 1 is 0.828 bits per heavy atom. The van der Waals surface area contributed by atoms with E-state index in [1.54, 1.807) is 0 Å². The summed E-state index contributed by atoms with van der Waals surface area (Å²) in [6, 6.07) is 22.9. The minimum Gasteiger partial charge on any atom is -0.260 e. The van der Waals surface area contributed by atoms with Gasteiger partial charge in [0.05, 0.1) is 16.1 Å². The van der Waals surface area contributed by atoms with Crippen LogP contribution in [0.3, 0.4) is 0 Å².